The molecule has 5 unspecified atom stereocenters. The first-order valence-electron chi connectivity index (χ1n) is 16.8. The van der Waals surface area contributed by atoms with Gasteiger partial charge in [-0.2, -0.15) is 5.26 Å². The van der Waals surface area contributed by atoms with E-state index in [1.165, 1.54) is 21.3 Å². The number of quaternary nitrogens is 1. The first kappa shape index (κ1) is 51.0. The number of nitrogens with one attached hydrogen (secondary N) is 3. The largest absolute Gasteiger partial charge is 0.468 e. The third-order valence-corrected chi connectivity index (χ3v) is 7.78. The number of aliphatic hydroxyl groups excluding tert-OH is 2. The lowest BCUT2D eigenvalue weighted by molar-refractivity contribution is -0.414. The molecule has 0 aliphatic rings. The van der Waals surface area contributed by atoms with E-state index >= 15 is 0 Å². The van der Waals surface area contributed by atoms with Crippen LogP contribution in [-0.4, -0.2) is 82.7 Å². The van der Waals surface area contributed by atoms with Crippen molar-refractivity contribution in [3.05, 3.63) is 144 Å². The number of benzene rings is 4. The first-order valence-corrected chi connectivity index (χ1v) is 23.1. The van der Waals surface area contributed by atoms with Crippen molar-refractivity contribution in [2.75, 3.05) is 42.5 Å². The van der Waals surface area contributed by atoms with Gasteiger partial charge in [0.15, 0.2) is 12.2 Å². The number of ether oxygens (including phenoxy) is 3. The van der Waals surface area contributed by atoms with Crippen LogP contribution < -0.4 is 27.1 Å². The van der Waals surface area contributed by atoms with Gasteiger partial charge in [0, 0.05) is 42.8 Å². The maximum atomic E-state index is 11.3. The lowest BCUT2D eigenvalue weighted by Crippen LogP contribution is -2.57. The summed E-state index contributed by atoms with van der Waals surface area (Å²) in [6.07, 6.45) is -1.87. The minimum Gasteiger partial charge on any atom is -0.468 e. The summed E-state index contributed by atoms with van der Waals surface area (Å²) in [5, 5.41) is 42.1. The molecule has 0 heterocycles. The maximum absolute atomic E-state index is 11.3. The van der Waals surface area contributed by atoms with Gasteiger partial charge in [0.2, 0.25) is 6.04 Å². The van der Waals surface area contributed by atoms with Gasteiger partial charge in [0.25, 0.3) is 0 Å². The van der Waals surface area contributed by atoms with E-state index in [1.54, 1.807) is 21.1 Å². The number of methoxy groups -OCH3 is 3. The highest BCUT2D eigenvalue weighted by molar-refractivity contribution is 15.0. The predicted molar refractivity (Wildman–Crippen MR) is 230 cm³/mol. The van der Waals surface area contributed by atoms with Crippen LogP contribution in [0.15, 0.2) is 121 Å². The lowest BCUT2D eigenvalue weighted by Gasteiger charge is -2.19. The molecule has 298 valence electrons. The van der Waals surface area contributed by atoms with Crippen molar-refractivity contribution >= 4 is 55.1 Å². The summed E-state index contributed by atoms with van der Waals surface area (Å²) in [5.74, 6) is -0.465. The number of esters is 2. The van der Waals surface area contributed by atoms with Gasteiger partial charge in [-0.05, 0) is 37.8 Å². The Hall–Kier alpha value is -4.00. The number of nitriles is 1. The molecule has 0 saturated carbocycles. The Morgan fingerprint density at radius 2 is 1.00 bits per heavy atom. The molecule has 0 aromatic heterocycles. The Kier molecular flexibility index (Phi) is 29.0. The molecule has 6 atom stereocenters. The van der Waals surface area contributed by atoms with Gasteiger partial charge in [-0.25, -0.2) is 15.0 Å². The summed E-state index contributed by atoms with van der Waals surface area (Å²) < 4.78 is 14.0. The highest BCUT2D eigenvalue weighted by Gasteiger charge is 2.28. The molecule has 0 amide bonds. The summed E-state index contributed by atoms with van der Waals surface area (Å²) in [6, 6.07) is 38.3. The summed E-state index contributed by atoms with van der Waals surface area (Å²) in [5.41, 5.74) is 7.38. The molecule has 4 aromatic rings. The zero-order valence-corrected chi connectivity index (χ0v) is 36.2. The van der Waals surface area contributed by atoms with Gasteiger partial charge in [-0.15, -0.1) is 0 Å². The number of rotatable bonds is 12. The number of hydrogen-bond acceptors (Lipinski definition) is 11. The second-order valence-electron chi connectivity index (χ2n) is 11.1. The Morgan fingerprint density at radius 3 is 1.33 bits per heavy atom. The van der Waals surface area contributed by atoms with Crippen molar-refractivity contribution in [2.24, 2.45) is 0 Å². The fourth-order valence-electron chi connectivity index (χ4n) is 4.84. The zero-order chi connectivity index (χ0) is 41.6. The number of carbonyl (C=O) groups excluding carboxylic acids is 2. The number of hydrogen-bond donors (Lipinski definition) is 7. The first-order chi connectivity index (χ1) is 26.5. The van der Waals surface area contributed by atoms with Crippen molar-refractivity contribution in [2.45, 2.75) is 36.4 Å². The van der Waals surface area contributed by atoms with Crippen molar-refractivity contribution in [3.63, 3.8) is 0 Å². The van der Waals surface area contributed by atoms with Crippen molar-refractivity contribution in [3.8, 4) is 6.07 Å². The highest BCUT2D eigenvalue weighted by Crippen LogP contribution is 2.17. The molecule has 0 bridgehead atoms. The lowest BCUT2D eigenvalue weighted by atomic mass is 10.0. The number of nitrogens with zero attached hydrogens (tertiary/aromatic N) is 1. The van der Waals surface area contributed by atoms with Crippen LogP contribution in [0.1, 0.15) is 46.4 Å². The van der Waals surface area contributed by atoms with Crippen LogP contribution in [0.25, 0.3) is 0 Å². The minimum atomic E-state index is -1.01. The molecule has 0 aliphatic carbocycles. The molecule has 0 aliphatic heterocycles. The molecule has 10 N–H and O–H groups in total. The average molecular weight is 985 g/mol. The Labute approximate surface area is 347 Å². The third kappa shape index (κ3) is 18.9. The van der Waals surface area contributed by atoms with Crippen LogP contribution in [0, 0.1) is 11.3 Å². The Balaban J connectivity index is 0.000000698. The molecule has 4 aromatic carbocycles. The van der Waals surface area contributed by atoms with Crippen molar-refractivity contribution in [1.29, 1.82) is 5.26 Å². The van der Waals surface area contributed by atoms with E-state index in [-0.39, 0.29) is 36.0 Å². The topological polar surface area (TPSA) is 215 Å². The maximum Gasteiger partial charge on any atom is 0.369 e. The number of likely N-dealkylation sites (N-methyl/N-ethyl adjacent to an activating group) is 3. The monoisotopic (exact) mass is 984 g/mol. The molecular weight excluding hydrogens is 930 g/mol. The van der Waals surface area contributed by atoms with Crippen LogP contribution in [0.3, 0.4) is 0 Å². The minimum absolute atomic E-state index is 0.109. The van der Waals surface area contributed by atoms with Crippen molar-refractivity contribution < 1.29 is 45.2 Å². The standard InChI is InChI=1S/C11H16N2O2.C10H12N2O.C10H13NO2.C9H11NO2.I2/c1-13-9(10(14)11(12)15-2)8-6-4-3-5-7-8;1-12-10(9(13)7-11)8-5-3-2-4-6-8;1-11-9(10(12)13-2)8-6-4-3-5-7-8;1-12-9(11)8(10)7-5-3-2-4-6-7;1-2/h3-7,9-10,12-14H,1-2H3;2-6,9-10,12-13H,1H3;3-7,9,11H,1-2H3;2-6,8H,10H2,1H3;/p+2/t;;9-;;/m..1../s1. The molecule has 55 heavy (non-hydrogen) atoms. The number of nitrogens with two attached hydrogens (primary N) is 1. The fourth-order valence-corrected chi connectivity index (χ4v) is 4.84. The molecular formula is C40H54I2N6O7+2. The van der Waals surface area contributed by atoms with E-state index in [9.17, 15) is 19.8 Å². The van der Waals surface area contributed by atoms with Gasteiger partial charge >= 0.3 is 17.8 Å². The number of carbonyl (C=O) groups is 2. The SMILES string of the molecule is CNC(c1ccccc1)C(O)C#N.CNC(c1ccccc1)C(O)C(=[NH2+])OC.CN[C@@H](C(=O)OC)c1ccccc1.COC(=O)C([NH3+])c1ccccc1.II. The molecule has 0 spiro atoms. The van der Waals surface area contributed by atoms with Crippen LogP contribution in [0.4, 0.5) is 0 Å². The molecule has 0 saturated heterocycles. The van der Waals surface area contributed by atoms with E-state index in [2.05, 4.69) is 68.4 Å². The third-order valence-electron chi connectivity index (χ3n) is 7.78. The summed E-state index contributed by atoms with van der Waals surface area (Å²) >= 11 is 4.24. The van der Waals surface area contributed by atoms with Crippen LogP contribution in [0.2, 0.25) is 0 Å². The van der Waals surface area contributed by atoms with Crippen LogP contribution in [0.5, 0.6) is 0 Å². The van der Waals surface area contributed by atoms with Gasteiger partial charge < -0.3 is 46.1 Å². The number of aliphatic hydroxyl groups is 2. The summed E-state index contributed by atoms with van der Waals surface area (Å²) in [6.45, 7) is 0. The molecule has 0 radical (unpaired) electrons. The van der Waals surface area contributed by atoms with Crippen molar-refractivity contribution in [1.82, 2.24) is 16.0 Å². The second kappa shape index (κ2) is 31.2. The van der Waals surface area contributed by atoms with E-state index < -0.39 is 18.2 Å². The molecule has 0 fully saturated rings. The van der Waals surface area contributed by atoms with Crippen LogP contribution in [-0.2, 0) is 23.8 Å². The zero-order valence-electron chi connectivity index (χ0n) is 31.9. The summed E-state index contributed by atoms with van der Waals surface area (Å²) in [4.78, 5) is 22.3. The quantitative estimate of drug-likeness (QED) is 0.0361. The summed E-state index contributed by atoms with van der Waals surface area (Å²) in [7, 11) is 9.41. The van der Waals surface area contributed by atoms with Gasteiger partial charge in [-0.3, -0.25) is 0 Å². The predicted octanol–water partition coefficient (Wildman–Crippen LogP) is 2.98. The smallest absolute Gasteiger partial charge is 0.369 e. The number of halogens is 2. The van der Waals surface area contributed by atoms with E-state index in [0.29, 0.717) is 0 Å². The van der Waals surface area contributed by atoms with Crippen LogP contribution >= 0.6 is 37.2 Å². The molecule has 15 heteroatoms. The average Bonchev–Trinajstić information content (AvgIpc) is 3.26. The molecule has 13 nitrogen and oxygen atoms in total. The van der Waals surface area contributed by atoms with Gasteiger partial charge in [0.1, 0.15) is 6.04 Å². The second-order valence-corrected chi connectivity index (χ2v) is 11.1. The van der Waals surface area contributed by atoms with E-state index in [1.807, 2.05) is 127 Å². The Morgan fingerprint density at radius 1 is 0.636 bits per heavy atom. The van der Waals surface area contributed by atoms with Gasteiger partial charge in [0.05, 0.1) is 39.5 Å². The van der Waals surface area contributed by atoms with E-state index in [0.717, 1.165) is 22.3 Å². The van der Waals surface area contributed by atoms with E-state index in [4.69, 9.17) is 15.4 Å². The normalized spacial score (nSPS) is 13.0. The molecule has 4 rings (SSSR count). The Bertz CT molecular complexity index is 1640. The fraction of sp³-hybridized carbons (Fsp3) is 0.300. The van der Waals surface area contributed by atoms with Gasteiger partial charge in [-0.1, -0.05) is 121 Å². The highest BCUT2D eigenvalue weighted by atomic mass is 128.